The number of amides is 4. The van der Waals surface area contributed by atoms with Gasteiger partial charge in [-0.2, -0.15) is 10.2 Å². The topological polar surface area (TPSA) is 141 Å². The first kappa shape index (κ1) is 37.4. The number of hydrogen-bond donors (Lipinski definition) is 1. The summed E-state index contributed by atoms with van der Waals surface area (Å²) in [6, 6.07) is 26.7. The summed E-state index contributed by atoms with van der Waals surface area (Å²) in [4.78, 5) is 62.2. The Kier molecular flexibility index (Phi) is 9.51. The predicted molar refractivity (Wildman–Crippen MR) is 216 cm³/mol. The van der Waals surface area contributed by atoms with Gasteiger partial charge in [-0.25, -0.2) is 4.90 Å². The van der Waals surface area contributed by atoms with E-state index in [0.717, 1.165) is 11.3 Å². The Bertz CT molecular complexity index is 2330. The third-order valence-corrected chi connectivity index (χ3v) is 12.1. The first-order valence-corrected chi connectivity index (χ1v) is 18.9. The number of para-hydroxylation sites is 1. The fraction of sp³-hybridized carbons (Fsp3) is 0.289. The average molecular weight is 766 g/mol. The number of fused-ring (bicyclic) bond motifs is 4. The SMILES string of the molecule is COc1cc(C=C[C@H]2C3=CC[C@@H]4C(=O)N(c5ccc(N=Nc6ccc(N(C)C)cc6)cc5)C(=O)[C@@H]4[C@@H]3C[C@H]3C(=O)N(c4ccccc4)C(=O)[C@@]23C)cc(OC)c1O. The van der Waals surface area contributed by atoms with E-state index in [1.54, 1.807) is 60.7 Å². The molecule has 2 heterocycles. The lowest BCUT2D eigenvalue weighted by molar-refractivity contribution is -0.132. The number of rotatable bonds is 9. The minimum atomic E-state index is -1.19. The van der Waals surface area contributed by atoms with Crippen molar-refractivity contribution in [3.8, 4) is 17.2 Å². The number of aromatic hydroxyl groups is 1. The second-order valence-electron chi connectivity index (χ2n) is 15.3. The van der Waals surface area contributed by atoms with Gasteiger partial charge in [0.15, 0.2) is 11.5 Å². The van der Waals surface area contributed by atoms with Crippen LogP contribution in [0.1, 0.15) is 25.3 Å². The monoisotopic (exact) mass is 765 g/mol. The van der Waals surface area contributed by atoms with Crippen molar-refractivity contribution in [2.45, 2.75) is 19.8 Å². The Balaban J connectivity index is 1.12. The molecule has 3 fully saturated rings. The molecule has 2 saturated heterocycles. The lowest BCUT2D eigenvalue weighted by Crippen LogP contribution is -2.49. The van der Waals surface area contributed by atoms with Crippen LogP contribution in [-0.4, -0.2) is 57.1 Å². The number of imide groups is 2. The van der Waals surface area contributed by atoms with Crippen molar-refractivity contribution in [3.63, 3.8) is 0 Å². The molecule has 12 heteroatoms. The Morgan fingerprint density at radius 2 is 1.37 bits per heavy atom. The molecule has 1 N–H and O–H groups in total. The molecular weight excluding hydrogens is 723 g/mol. The number of phenols is 1. The van der Waals surface area contributed by atoms with Crippen LogP contribution in [-0.2, 0) is 19.2 Å². The van der Waals surface area contributed by atoms with E-state index >= 15 is 0 Å². The van der Waals surface area contributed by atoms with Crippen molar-refractivity contribution >= 4 is 58.1 Å². The van der Waals surface area contributed by atoms with Gasteiger partial charge in [-0.1, -0.05) is 42.0 Å². The Morgan fingerprint density at radius 1 is 0.772 bits per heavy atom. The molecular formula is C45H43N5O7. The van der Waals surface area contributed by atoms with Crippen LogP contribution in [0.4, 0.5) is 28.4 Å². The Labute approximate surface area is 330 Å². The van der Waals surface area contributed by atoms with E-state index < -0.39 is 35.0 Å². The zero-order valence-corrected chi connectivity index (χ0v) is 32.3. The van der Waals surface area contributed by atoms with Gasteiger partial charge < -0.3 is 19.5 Å². The van der Waals surface area contributed by atoms with Crippen molar-refractivity contribution in [2.75, 3.05) is 43.0 Å². The van der Waals surface area contributed by atoms with Crippen molar-refractivity contribution in [1.82, 2.24) is 0 Å². The second-order valence-corrected chi connectivity index (χ2v) is 15.3. The zero-order chi connectivity index (χ0) is 40.2. The minimum Gasteiger partial charge on any atom is -0.502 e. The third-order valence-electron chi connectivity index (χ3n) is 12.1. The maximum atomic E-state index is 14.6. The predicted octanol–water partition coefficient (Wildman–Crippen LogP) is 7.87. The summed E-state index contributed by atoms with van der Waals surface area (Å²) in [7, 11) is 6.82. The van der Waals surface area contributed by atoms with E-state index in [-0.39, 0.29) is 47.3 Å². The maximum Gasteiger partial charge on any atom is 0.241 e. The van der Waals surface area contributed by atoms with E-state index in [1.165, 1.54) is 24.0 Å². The van der Waals surface area contributed by atoms with Crippen molar-refractivity contribution < 1.29 is 33.8 Å². The molecule has 4 aromatic carbocycles. The first-order valence-electron chi connectivity index (χ1n) is 18.9. The number of methoxy groups -OCH3 is 2. The number of hydrogen-bond acceptors (Lipinski definition) is 10. The number of carbonyl (C=O) groups is 4. The summed E-state index contributed by atoms with van der Waals surface area (Å²) in [6.07, 6.45) is 6.28. The Morgan fingerprint density at radius 3 is 1.96 bits per heavy atom. The summed E-state index contributed by atoms with van der Waals surface area (Å²) in [5.74, 6) is -4.15. The molecule has 4 amide bonds. The normalized spacial score (nSPS) is 25.5. The van der Waals surface area contributed by atoms with Crippen LogP contribution < -0.4 is 24.2 Å². The largest absolute Gasteiger partial charge is 0.502 e. The van der Waals surface area contributed by atoms with Gasteiger partial charge in [-0.05, 0) is 104 Å². The number of benzene rings is 4. The molecule has 1 saturated carbocycles. The van der Waals surface area contributed by atoms with E-state index in [4.69, 9.17) is 9.47 Å². The van der Waals surface area contributed by atoms with Crippen LogP contribution in [0.5, 0.6) is 17.2 Å². The van der Waals surface area contributed by atoms with E-state index in [9.17, 15) is 24.3 Å². The molecule has 8 rings (SSSR count). The van der Waals surface area contributed by atoms with Crippen LogP contribution >= 0.6 is 0 Å². The highest BCUT2D eigenvalue weighted by molar-refractivity contribution is 6.25. The highest BCUT2D eigenvalue weighted by atomic mass is 16.5. The first-order chi connectivity index (χ1) is 27.5. The van der Waals surface area contributed by atoms with Gasteiger partial charge in [0.05, 0.1) is 60.1 Å². The number of carbonyl (C=O) groups excluding carboxylic acids is 4. The fourth-order valence-electron chi connectivity index (χ4n) is 9.11. The highest BCUT2D eigenvalue weighted by Crippen LogP contribution is 2.61. The molecule has 290 valence electrons. The summed E-state index contributed by atoms with van der Waals surface area (Å²) < 4.78 is 10.8. The van der Waals surface area contributed by atoms with Crippen molar-refractivity contribution in [2.24, 2.45) is 45.2 Å². The summed E-state index contributed by atoms with van der Waals surface area (Å²) in [5.41, 5.74) is 3.53. The number of ether oxygens (including phenoxy) is 2. The smallest absolute Gasteiger partial charge is 0.241 e. The van der Waals surface area contributed by atoms with Gasteiger partial charge in [-0.3, -0.25) is 24.1 Å². The second kappa shape index (κ2) is 14.5. The van der Waals surface area contributed by atoms with Crippen LogP contribution in [0.25, 0.3) is 6.08 Å². The zero-order valence-electron chi connectivity index (χ0n) is 32.3. The molecule has 2 aliphatic heterocycles. The van der Waals surface area contributed by atoms with Gasteiger partial charge in [0.25, 0.3) is 0 Å². The van der Waals surface area contributed by atoms with Crippen LogP contribution in [0.15, 0.2) is 119 Å². The lowest BCUT2D eigenvalue weighted by Gasteiger charge is -2.47. The van der Waals surface area contributed by atoms with Crippen molar-refractivity contribution in [3.05, 3.63) is 114 Å². The molecule has 0 bridgehead atoms. The van der Waals surface area contributed by atoms with E-state index in [0.29, 0.717) is 34.7 Å². The van der Waals surface area contributed by atoms with Crippen LogP contribution in [0.3, 0.4) is 0 Å². The van der Waals surface area contributed by atoms with Gasteiger partial charge >= 0.3 is 0 Å². The standard InChI is InChI=1S/C45H43N5O7/c1-45-35(22-11-26-23-37(56-4)40(51)38(24-26)57-5)32-20-21-33-39(34(32)25-36(45)42(53)50(44(45)55)30-9-7-6-8-10-30)43(54)49(41(33)52)31-18-14-28(15-19-31)47-46-27-12-16-29(17-13-27)48(2)3/h6-20,22-24,33-36,39,51H,21,25H2,1-5H3/t33-,34+,35-,36-,39-,45-/m0/s1. The van der Waals surface area contributed by atoms with Gasteiger partial charge in [0.1, 0.15) is 0 Å². The minimum absolute atomic E-state index is 0.142. The summed E-state index contributed by atoms with van der Waals surface area (Å²) in [5, 5.41) is 19.2. The molecule has 0 aromatic heterocycles. The number of azo groups is 1. The molecule has 4 aromatic rings. The van der Waals surface area contributed by atoms with Crippen LogP contribution in [0.2, 0.25) is 0 Å². The quantitative estimate of drug-likeness (QED) is 0.103. The maximum absolute atomic E-state index is 14.6. The average Bonchev–Trinajstić information content (AvgIpc) is 3.59. The molecule has 4 aliphatic rings. The van der Waals surface area contributed by atoms with Gasteiger partial charge in [0, 0.05) is 25.7 Å². The molecule has 6 atom stereocenters. The number of allylic oxidation sites excluding steroid dienone is 3. The fourth-order valence-corrected chi connectivity index (χ4v) is 9.11. The van der Waals surface area contributed by atoms with Gasteiger partial charge in [0.2, 0.25) is 29.4 Å². The number of phenolic OH excluding ortho intramolecular Hbond substituents is 1. The molecule has 0 spiro atoms. The van der Waals surface area contributed by atoms with Crippen LogP contribution in [0, 0.1) is 35.0 Å². The van der Waals surface area contributed by atoms with E-state index in [2.05, 4.69) is 10.2 Å². The number of nitrogens with zero attached hydrogens (tertiary/aromatic N) is 5. The molecule has 12 nitrogen and oxygen atoms in total. The molecule has 0 radical (unpaired) electrons. The Hall–Kier alpha value is -6.56. The molecule has 57 heavy (non-hydrogen) atoms. The molecule has 2 aliphatic carbocycles. The van der Waals surface area contributed by atoms with E-state index in [1.807, 2.05) is 74.5 Å². The third kappa shape index (κ3) is 6.16. The summed E-state index contributed by atoms with van der Waals surface area (Å²) >= 11 is 0. The van der Waals surface area contributed by atoms with Gasteiger partial charge in [-0.15, -0.1) is 0 Å². The summed E-state index contributed by atoms with van der Waals surface area (Å²) in [6.45, 7) is 1.84. The molecule has 0 unspecified atom stereocenters. The lowest BCUT2D eigenvalue weighted by atomic mass is 9.52. The number of anilines is 3. The highest BCUT2D eigenvalue weighted by Gasteiger charge is 2.67. The van der Waals surface area contributed by atoms with Crippen molar-refractivity contribution in [1.29, 1.82) is 0 Å².